The molecule has 1 atom stereocenters. The number of nitrogens with zero attached hydrogens (tertiary/aromatic N) is 3. The molecular weight excluding hydrogens is 290 g/mol. The number of benzene rings is 1. The van der Waals surface area contributed by atoms with Crippen LogP contribution in [0, 0.1) is 0 Å². The number of amides is 2. The zero-order valence-electron chi connectivity index (χ0n) is 11.2. The van der Waals surface area contributed by atoms with Crippen molar-refractivity contribution in [1.29, 1.82) is 0 Å². The summed E-state index contributed by atoms with van der Waals surface area (Å²) in [7, 11) is 0. The third-order valence-electron chi connectivity index (χ3n) is 3.22. The van der Waals surface area contributed by atoms with Crippen LogP contribution in [-0.4, -0.2) is 37.7 Å². The van der Waals surface area contributed by atoms with Crippen LogP contribution in [0.25, 0.3) is 0 Å². The minimum absolute atomic E-state index is 0.0461. The van der Waals surface area contributed by atoms with Gasteiger partial charge in [-0.2, -0.15) is 0 Å². The van der Waals surface area contributed by atoms with Crippen LogP contribution in [0.1, 0.15) is 22.8 Å². The highest BCUT2D eigenvalue weighted by atomic mass is 16.4. The molecule has 0 bridgehead atoms. The van der Waals surface area contributed by atoms with Crippen molar-refractivity contribution in [2.24, 2.45) is 0 Å². The zero-order valence-corrected chi connectivity index (χ0v) is 11.2. The van der Waals surface area contributed by atoms with Gasteiger partial charge in [0.1, 0.15) is 12.4 Å². The van der Waals surface area contributed by atoms with Crippen molar-refractivity contribution in [3.63, 3.8) is 0 Å². The second-order valence-corrected chi connectivity index (χ2v) is 4.71. The highest BCUT2D eigenvalue weighted by Crippen LogP contribution is 2.24. The summed E-state index contributed by atoms with van der Waals surface area (Å²) in [6.45, 7) is 0. The lowest BCUT2D eigenvalue weighted by Gasteiger charge is -2.23. The van der Waals surface area contributed by atoms with Crippen molar-refractivity contribution in [3.8, 4) is 0 Å². The lowest BCUT2D eigenvalue weighted by molar-refractivity contribution is -0.125. The van der Waals surface area contributed by atoms with E-state index in [4.69, 9.17) is 5.11 Å². The molecule has 0 radical (unpaired) electrons. The molecule has 1 aliphatic rings. The van der Waals surface area contributed by atoms with E-state index >= 15 is 0 Å². The van der Waals surface area contributed by atoms with Gasteiger partial charge < -0.3 is 10.4 Å². The molecule has 22 heavy (non-hydrogen) atoms. The van der Waals surface area contributed by atoms with Gasteiger partial charge in [0.05, 0.1) is 12.0 Å². The van der Waals surface area contributed by atoms with Gasteiger partial charge in [0.25, 0.3) is 0 Å². The molecule has 9 heteroatoms. The first-order chi connectivity index (χ1) is 10.5. The van der Waals surface area contributed by atoms with Gasteiger partial charge in [-0.25, -0.2) is 4.79 Å². The number of hydrogen-bond donors (Lipinski definition) is 3. The largest absolute Gasteiger partial charge is 0.478 e. The van der Waals surface area contributed by atoms with Gasteiger partial charge in [-0.1, -0.05) is 6.07 Å². The maximum Gasteiger partial charge on any atom is 0.335 e. The van der Waals surface area contributed by atoms with E-state index < -0.39 is 17.9 Å². The van der Waals surface area contributed by atoms with Crippen LogP contribution in [0.5, 0.6) is 0 Å². The Kier molecular flexibility index (Phi) is 3.30. The molecule has 0 saturated heterocycles. The van der Waals surface area contributed by atoms with E-state index in [-0.39, 0.29) is 23.8 Å². The Labute approximate surface area is 124 Å². The number of nitrogens with one attached hydrogen (secondary N) is 2. The number of carbonyl (C=O) groups excluding carboxylic acids is 2. The number of anilines is 2. The molecule has 3 N–H and O–H groups in total. The number of rotatable bonds is 3. The van der Waals surface area contributed by atoms with Crippen LogP contribution < -0.4 is 10.6 Å². The number of carboxylic acid groups (broad SMARTS) is 1. The third-order valence-corrected chi connectivity index (χ3v) is 3.22. The Morgan fingerprint density at radius 1 is 1.41 bits per heavy atom. The Morgan fingerprint density at radius 2 is 2.23 bits per heavy atom. The van der Waals surface area contributed by atoms with Crippen LogP contribution in [0.15, 0.2) is 30.6 Å². The summed E-state index contributed by atoms with van der Waals surface area (Å²) in [5.74, 6) is -1.66. The Hall–Kier alpha value is -3.23. The van der Waals surface area contributed by atoms with Crippen LogP contribution in [0.4, 0.5) is 11.6 Å². The molecule has 2 heterocycles. The zero-order chi connectivity index (χ0) is 15.7. The fraction of sp³-hybridized carbons (Fsp3) is 0.154. The number of aromatic carboxylic acids is 1. The molecule has 0 spiro atoms. The predicted molar refractivity (Wildman–Crippen MR) is 74.3 cm³/mol. The van der Waals surface area contributed by atoms with E-state index in [1.807, 2.05) is 0 Å². The van der Waals surface area contributed by atoms with E-state index in [0.29, 0.717) is 5.69 Å². The molecule has 0 unspecified atom stereocenters. The van der Waals surface area contributed by atoms with Crippen LogP contribution in [-0.2, 0) is 9.59 Å². The average molecular weight is 301 g/mol. The van der Waals surface area contributed by atoms with Crippen molar-refractivity contribution in [1.82, 2.24) is 14.8 Å². The van der Waals surface area contributed by atoms with E-state index in [1.54, 1.807) is 6.07 Å². The van der Waals surface area contributed by atoms with E-state index in [0.717, 1.165) is 0 Å². The SMILES string of the molecule is O=C1C[C@H](C(=O)Nc2cccc(C(=O)O)c2)n2cnnc2N1. The second-order valence-electron chi connectivity index (χ2n) is 4.71. The average Bonchev–Trinajstić information content (AvgIpc) is 2.94. The van der Waals surface area contributed by atoms with Crippen molar-refractivity contribution in [2.75, 3.05) is 10.6 Å². The lowest BCUT2D eigenvalue weighted by Crippen LogP contribution is -2.35. The molecule has 0 fully saturated rings. The van der Waals surface area contributed by atoms with Gasteiger partial charge >= 0.3 is 5.97 Å². The van der Waals surface area contributed by atoms with E-state index in [1.165, 1.54) is 29.1 Å². The van der Waals surface area contributed by atoms with Gasteiger partial charge in [-0.15, -0.1) is 10.2 Å². The standard InChI is InChI=1S/C13H11N5O4/c19-10-5-9(18-6-14-17-13(18)16-10)11(20)15-8-3-1-2-7(4-8)12(21)22/h1-4,6,9H,5H2,(H,15,20)(H,21,22)(H,16,17,19)/t9-/m1/s1. The topological polar surface area (TPSA) is 126 Å². The molecule has 3 rings (SSSR count). The van der Waals surface area contributed by atoms with Crippen molar-refractivity contribution in [2.45, 2.75) is 12.5 Å². The summed E-state index contributed by atoms with van der Waals surface area (Å²) >= 11 is 0. The first-order valence-electron chi connectivity index (χ1n) is 6.38. The molecule has 9 nitrogen and oxygen atoms in total. The summed E-state index contributed by atoms with van der Waals surface area (Å²) < 4.78 is 1.46. The molecular formula is C13H11N5O4. The molecule has 1 aliphatic heterocycles. The van der Waals surface area contributed by atoms with Gasteiger partial charge in [0, 0.05) is 5.69 Å². The first-order valence-corrected chi connectivity index (χ1v) is 6.38. The maximum absolute atomic E-state index is 12.3. The fourth-order valence-corrected chi connectivity index (χ4v) is 2.18. The summed E-state index contributed by atoms with van der Waals surface area (Å²) in [5, 5.41) is 21.4. The minimum Gasteiger partial charge on any atom is -0.478 e. The summed E-state index contributed by atoms with van der Waals surface area (Å²) in [5.41, 5.74) is 0.398. The minimum atomic E-state index is -1.09. The number of fused-ring (bicyclic) bond motifs is 1. The number of hydrogen-bond acceptors (Lipinski definition) is 5. The highest BCUT2D eigenvalue weighted by Gasteiger charge is 2.31. The fourth-order valence-electron chi connectivity index (χ4n) is 2.18. The van der Waals surface area contributed by atoms with Gasteiger partial charge in [0.2, 0.25) is 17.8 Å². The van der Waals surface area contributed by atoms with Crippen LogP contribution in [0.2, 0.25) is 0 Å². The summed E-state index contributed by atoms with van der Waals surface area (Å²) in [4.78, 5) is 34.9. The van der Waals surface area contributed by atoms with Crippen molar-refractivity contribution >= 4 is 29.4 Å². The third kappa shape index (κ3) is 2.51. The smallest absolute Gasteiger partial charge is 0.335 e. The molecule has 2 aromatic rings. The number of carbonyl (C=O) groups is 3. The number of aromatic nitrogens is 3. The van der Waals surface area contributed by atoms with E-state index in [2.05, 4.69) is 20.8 Å². The van der Waals surface area contributed by atoms with Crippen LogP contribution in [0.3, 0.4) is 0 Å². The highest BCUT2D eigenvalue weighted by molar-refractivity contribution is 6.01. The van der Waals surface area contributed by atoms with Crippen molar-refractivity contribution in [3.05, 3.63) is 36.2 Å². The Balaban J connectivity index is 1.82. The number of carboxylic acids is 1. The van der Waals surface area contributed by atoms with Gasteiger partial charge in [-0.05, 0) is 18.2 Å². The first kappa shape index (κ1) is 13.7. The lowest BCUT2D eigenvalue weighted by atomic mass is 10.1. The molecule has 0 saturated carbocycles. The maximum atomic E-state index is 12.3. The Morgan fingerprint density at radius 3 is 3.00 bits per heavy atom. The molecule has 1 aromatic carbocycles. The van der Waals surface area contributed by atoms with E-state index in [9.17, 15) is 14.4 Å². The summed E-state index contributed by atoms with van der Waals surface area (Å²) in [6.07, 6.45) is 1.31. The van der Waals surface area contributed by atoms with Crippen LogP contribution >= 0.6 is 0 Å². The summed E-state index contributed by atoms with van der Waals surface area (Å²) in [6, 6.07) is 5.07. The quantitative estimate of drug-likeness (QED) is 0.757. The predicted octanol–water partition coefficient (Wildman–Crippen LogP) is 0.498. The van der Waals surface area contributed by atoms with Gasteiger partial charge in [0.15, 0.2) is 0 Å². The van der Waals surface area contributed by atoms with Crippen molar-refractivity contribution < 1.29 is 19.5 Å². The molecule has 2 amide bonds. The molecule has 112 valence electrons. The Bertz CT molecular complexity index is 769. The normalized spacial score (nSPS) is 16.5. The molecule has 1 aromatic heterocycles. The monoisotopic (exact) mass is 301 g/mol. The van der Waals surface area contributed by atoms with Gasteiger partial charge in [-0.3, -0.25) is 19.5 Å². The second kappa shape index (κ2) is 5.28. The molecule has 0 aliphatic carbocycles.